The molecule has 0 heterocycles. The maximum absolute atomic E-state index is 8.26. The van der Waals surface area contributed by atoms with Crippen molar-refractivity contribution in [3.8, 4) is 6.19 Å². The summed E-state index contributed by atoms with van der Waals surface area (Å²) in [6.45, 7) is 2.29. The van der Waals surface area contributed by atoms with Gasteiger partial charge in [0.15, 0.2) is 0 Å². The Morgan fingerprint density at radius 1 is 0.609 bits per heavy atom. The third kappa shape index (κ3) is 21.2. The van der Waals surface area contributed by atoms with Crippen LogP contribution in [0.15, 0.2) is 4.99 Å². The highest BCUT2D eigenvalue weighted by molar-refractivity contribution is 5.58. The predicted octanol–water partition coefficient (Wildman–Crippen LogP) is 7.58. The van der Waals surface area contributed by atoms with E-state index in [1.54, 1.807) is 12.4 Å². The van der Waals surface area contributed by atoms with Gasteiger partial charge in [-0.1, -0.05) is 110 Å². The zero-order chi connectivity index (χ0) is 16.8. The van der Waals surface area contributed by atoms with Crippen molar-refractivity contribution in [2.45, 2.75) is 122 Å². The van der Waals surface area contributed by atoms with Crippen molar-refractivity contribution in [1.29, 1.82) is 5.26 Å². The summed E-state index contributed by atoms with van der Waals surface area (Å²) in [5.74, 6) is 0. The van der Waals surface area contributed by atoms with Crippen LogP contribution in [0.3, 0.4) is 0 Å². The lowest BCUT2D eigenvalue weighted by Gasteiger charge is -2.03. The lowest BCUT2D eigenvalue weighted by atomic mass is 10.0. The van der Waals surface area contributed by atoms with Crippen LogP contribution in [0.25, 0.3) is 0 Å². The maximum atomic E-state index is 8.26. The van der Waals surface area contributed by atoms with E-state index < -0.39 is 0 Å². The molecular weight excluding hydrogens is 280 g/mol. The van der Waals surface area contributed by atoms with Crippen LogP contribution in [0.2, 0.25) is 0 Å². The van der Waals surface area contributed by atoms with Crippen LogP contribution < -0.4 is 0 Å². The fourth-order valence-electron chi connectivity index (χ4n) is 3.07. The van der Waals surface area contributed by atoms with Crippen molar-refractivity contribution in [2.24, 2.45) is 4.99 Å². The van der Waals surface area contributed by atoms with E-state index in [2.05, 4.69) is 11.9 Å². The Hall–Kier alpha value is -0.840. The first-order chi connectivity index (χ1) is 11.4. The molecule has 0 atom stereocenters. The van der Waals surface area contributed by atoms with Gasteiger partial charge in [-0.15, -0.1) is 0 Å². The molecule has 0 aromatic heterocycles. The molecule has 0 spiro atoms. The number of hydrogen-bond donors (Lipinski definition) is 0. The van der Waals surface area contributed by atoms with Crippen LogP contribution in [0, 0.1) is 11.5 Å². The molecule has 0 bridgehead atoms. The molecule has 23 heavy (non-hydrogen) atoms. The summed E-state index contributed by atoms with van der Waals surface area (Å²) in [4.78, 5) is 3.56. The van der Waals surface area contributed by atoms with Crippen molar-refractivity contribution >= 4 is 6.21 Å². The highest BCUT2D eigenvalue weighted by Gasteiger charge is 1.94. The van der Waals surface area contributed by atoms with E-state index >= 15 is 0 Å². The van der Waals surface area contributed by atoms with E-state index in [0.717, 1.165) is 6.42 Å². The molecule has 0 radical (unpaired) electrons. The monoisotopic (exact) mass is 320 g/mol. The molecule has 0 saturated carbocycles. The Kier molecular flexibility index (Phi) is 20.4. The Bertz CT molecular complexity index is 278. The summed E-state index contributed by atoms with van der Waals surface area (Å²) < 4.78 is 0. The Morgan fingerprint density at radius 3 is 1.30 bits per heavy atom. The molecule has 0 aliphatic heterocycles. The quantitative estimate of drug-likeness (QED) is 0.146. The summed E-state index contributed by atoms with van der Waals surface area (Å²) >= 11 is 0. The molecule has 0 saturated heterocycles. The fraction of sp³-hybridized carbons (Fsp3) is 0.905. The number of rotatable bonds is 18. The second-order valence-electron chi connectivity index (χ2n) is 6.86. The van der Waals surface area contributed by atoms with E-state index in [0.29, 0.717) is 0 Å². The average molecular weight is 321 g/mol. The molecule has 0 fully saturated rings. The van der Waals surface area contributed by atoms with E-state index in [1.165, 1.54) is 109 Å². The van der Waals surface area contributed by atoms with Crippen LogP contribution in [-0.4, -0.2) is 6.21 Å². The SMILES string of the molecule is CCCCCCCCCCCCCCCCCCCC=NC#N. The minimum absolute atomic E-state index is 0.964. The third-order valence-corrected chi connectivity index (χ3v) is 4.59. The highest BCUT2D eigenvalue weighted by Crippen LogP contribution is 2.14. The maximum Gasteiger partial charge on any atom is 0.205 e. The molecule has 0 aliphatic rings. The molecule has 0 rings (SSSR count). The smallest absolute Gasteiger partial charge is 0.186 e. The zero-order valence-electron chi connectivity index (χ0n) is 15.7. The minimum Gasteiger partial charge on any atom is -0.186 e. The molecular formula is C21H40N2. The number of unbranched alkanes of at least 4 members (excludes halogenated alkanes) is 17. The van der Waals surface area contributed by atoms with E-state index in [-0.39, 0.29) is 0 Å². The van der Waals surface area contributed by atoms with Crippen molar-refractivity contribution in [2.75, 3.05) is 0 Å². The van der Waals surface area contributed by atoms with Gasteiger partial charge in [0, 0.05) is 6.21 Å². The van der Waals surface area contributed by atoms with Gasteiger partial charge in [-0.2, -0.15) is 10.3 Å². The summed E-state index contributed by atoms with van der Waals surface area (Å²) in [5, 5.41) is 8.26. The van der Waals surface area contributed by atoms with Crippen molar-refractivity contribution in [3.63, 3.8) is 0 Å². The normalized spacial score (nSPS) is 11.1. The molecule has 0 N–H and O–H groups in total. The molecule has 2 heteroatoms. The van der Waals surface area contributed by atoms with E-state index in [9.17, 15) is 0 Å². The van der Waals surface area contributed by atoms with Crippen molar-refractivity contribution in [3.05, 3.63) is 0 Å². The molecule has 134 valence electrons. The minimum atomic E-state index is 0.964. The van der Waals surface area contributed by atoms with Crippen molar-refractivity contribution < 1.29 is 0 Å². The van der Waals surface area contributed by atoms with Gasteiger partial charge in [0.1, 0.15) is 0 Å². The van der Waals surface area contributed by atoms with Gasteiger partial charge in [-0.05, 0) is 12.8 Å². The van der Waals surface area contributed by atoms with E-state index in [1.807, 2.05) is 0 Å². The van der Waals surface area contributed by atoms with Gasteiger partial charge >= 0.3 is 0 Å². The topological polar surface area (TPSA) is 36.1 Å². The lowest BCUT2D eigenvalue weighted by molar-refractivity contribution is 0.528. The van der Waals surface area contributed by atoms with Gasteiger partial charge in [-0.25, -0.2) is 0 Å². The molecule has 0 aromatic carbocycles. The molecule has 0 aliphatic carbocycles. The van der Waals surface area contributed by atoms with Crippen LogP contribution in [0.4, 0.5) is 0 Å². The number of nitriles is 1. The summed E-state index contributed by atoms with van der Waals surface area (Å²) in [6.07, 6.45) is 28.4. The second-order valence-corrected chi connectivity index (χ2v) is 6.86. The Balaban J connectivity index is 2.97. The third-order valence-electron chi connectivity index (χ3n) is 4.59. The molecule has 2 nitrogen and oxygen atoms in total. The summed E-state index contributed by atoms with van der Waals surface area (Å²) in [6, 6.07) is 0. The van der Waals surface area contributed by atoms with Crippen LogP contribution in [-0.2, 0) is 0 Å². The molecule has 0 aromatic rings. The number of nitrogens with zero attached hydrogens (tertiary/aromatic N) is 2. The lowest BCUT2D eigenvalue weighted by Crippen LogP contribution is -1.84. The van der Waals surface area contributed by atoms with Gasteiger partial charge < -0.3 is 0 Å². The van der Waals surface area contributed by atoms with E-state index in [4.69, 9.17) is 5.26 Å². The zero-order valence-corrected chi connectivity index (χ0v) is 15.7. The van der Waals surface area contributed by atoms with Gasteiger partial charge in [0.25, 0.3) is 0 Å². The van der Waals surface area contributed by atoms with Gasteiger partial charge in [0.05, 0.1) is 0 Å². The molecule has 0 amide bonds. The number of aliphatic imine (C=N–C) groups is 1. The highest BCUT2D eigenvalue weighted by atomic mass is 14.7. The summed E-state index contributed by atoms with van der Waals surface area (Å²) in [7, 11) is 0. The summed E-state index contributed by atoms with van der Waals surface area (Å²) in [5.41, 5.74) is 0. The van der Waals surface area contributed by atoms with Crippen LogP contribution >= 0.6 is 0 Å². The van der Waals surface area contributed by atoms with Crippen LogP contribution in [0.5, 0.6) is 0 Å². The standard InChI is InChI=1S/C21H40N2/c1-2-3-4-5-6-7-8-9-10-11-12-13-14-15-16-17-18-19-20-23-21-22/h20H,2-19H2,1H3. The fourth-order valence-corrected chi connectivity index (χ4v) is 3.07. The number of hydrogen-bond acceptors (Lipinski definition) is 2. The second kappa shape index (κ2) is 21.2. The predicted molar refractivity (Wildman–Crippen MR) is 103 cm³/mol. The van der Waals surface area contributed by atoms with Gasteiger partial charge in [0.2, 0.25) is 6.19 Å². The van der Waals surface area contributed by atoms with Crippen LogP contribution in [0.1, 0.15) is 122 Å². The largest absolute Gasteiger partial charge is 0.205 e. The van der Waals surface area contributed by atoms with Crippen molar-refractivity contribution in [1.82, 2.24) is 0 Å². The van der Waals surface area contributed by atoms with Gasteiger partial charge in [-0.3, -0.25) is 0 Å². The first-order valence-electron chi connectivity index (χ1n) is 10.3. The Labute approximate surface area is 145 Å². The first kappa shape index (κ1) is 22.2. The Morgan fingerprint density at radius 2 is 0.957 bits per heavy atom. The first-order valence-corrected chi connectivity index (χ1v) is 10.3. The molecule has 0 unspecified atom stereocenters. The average Bonchev–Trinajstić information content (AvgIpc) is 2.57.